The van der Waals surface area contributed by atoms with Gasteiger partial charge in [-0.25, -0.2) is 4.39 Å². The largest absolute Gasteiger partial charge is 0.493 e. The van der Waals surface area contributed by atoms with Gasteiger partial charge in [0.25, 0.3) is 17.7 Å². The summed E-state index contributed by atoms with van der Waals surface area (Å²) < 4.78 is 36.6. The molecule has 0 bridgehead atoms. The number of imide groups is 2. The summed E-state index contributed by atoms with van der Waals surface area (Å²) in [4.78, 5) is 69.8. The standard InChI is InChI=1S/C53H57ClFN7O9/c1-30-44(31(2)58(6)57-30)46-38(54)18-17-36-35(12-9-27-69-40-13-7-10-32-28-33(55)15-16-34(32)40)48(52(68)71-53(3,4)5)61(47(36)46)26-23-59-21-24-60(25-22-59)43(64)29-70-41-14-8-11-37-45(41)51(67)62(50(37)66)39-19-20-42(63)56-49(39)65/h7-8,10-11,13-18,28,39,52,68H,9,12,19-27,29H2,1-6H3,(H,56,63,65). The Morgan fingerprint density at radius 1 is 0.901 bits per heavy atom. The van der Waals surface area contributed by atoms with Crippen molar-refractivity contribution in [2.45, 2.75) is 84.8 Å². The molecule has 3 aliphatic rings. The summed E-state index contributed by atoms with van der Waals surface area (Å²) >= 11 is 7.21. The number of piperidine rings is 1. The lowest BCUT2D eigenvalue weighted by Crippen LogP contribution is -2.54. The monoisotopic (exact) mass is 989 g/mol. The summed E-state index contributed by atoms with van der Waals surface area (Å²) in [5.74, 6) is -2.47. The van der Waals surface area contributed by atoms with Crippen molar-refractivity contribution < 1.29 is 47.7 Å². The zero-order chi connectivity index (χ0) is 50.5. The van der Waals surface area contributed by atoms with Crippen molar-refractivity contribution in [2.75, 3.05) is 45.9 Å². The van der Waals surface area contributed by atoms with E-state index in [9.17, 15) is 33.5 Å². The van der Waals surface area contributed by atoms with E-state index in [0.29, 0.717) is 75.2 Å². The van der Waals surface area contributed by atoms with E-state index in [-0.39, 0.29) is 48.0 Å². The molecule has 3 aliphatic heterocycles. The van der Waals surface area contributed by atoms with E-state index in [1.807, 2.05) is 76.7 Å². The summed E-state index contributed by atoms with van der Waals surface area (Å²) in [6, 6.07) is 17.5. The number of carbonyl (C=O) groups excluding carboxylic acids is 5. The van der Waals surface area contributed by atoms with Gasteiger partial charge in [-0.2, -0.15) is 5.10 Å². The molecule has 16 nitrogen and oxygen atoms in total. The van der Waals surface area contributed by atoms with E-state index in [4.69, 9.17) is 30.9 Å². The summed E-state index contributed by atoms with van der Waals surface area (Å²) in [7, 11) is 1.90. The quantitative estimate of drug-likeness (QED) is 0.0613. The fourth-order valence-corrected chi connectivity index (χ4v) is 10.4. The first-order valence-corrected chi connectivity index (χ1v) is 24.3. The minimum atomic E-state index is -1.32. The number of aromatic nitrogens is 3. The third-order valence-electron chi connectivity index (χ3n) is 13.6. The van der Waals surface area contributed by atoms with Gasteiger partial charge in [0.15, 0.2) is 12.9 Å². The van der Waals surface area contributed by atoms with Crippen molar-refractivity contribution in [1.29, 1.82) is 0 Å². The highest BCUT2D eigenvalue weighted by molar-refractivity contribution is 6.35. The van der Waals surface area contributed by atoms with Crippen LogP contribution in [0.5, 0.6) is 11.5 Å². The number of carbonyl (C=O) groups is 5. The van der Waals surface area contributed by atoms with Gasteiger partial charge in [0.05, 0.1) is 45.3 Å². The smallest absolute Gasteiger partial charge is 0.266 e. The molecule has 0 saturated carbocycles. The maximum absolute atomic E-state index is 14.1. The average molecular weight is 991 g/mol. The van der Waals surface area contributed by atoms with Gasteiger partial charge in [0, 0.05) is 80.3 Å². The maximum atomic E-state index is 14.1. The van der Waals surface area contributed by atoms with E-state index in [2.05, 4.69) is 14.8 Å². The molecule has 18 heteroatoms. The maximum Gasteiger partial charge on any atom is 0.266 e. The predicted octanol–water partition coefficient (Wildman–Crippen LogP) is 7.05. The zero-order valence-corrected chi connectivity index (χ0v) is 41.4. The predicted molar refractivity (Wildman–Crippen MR) is 264 cm³/mol. The zero-order valence-electron chi connectivity index (χ0n) is 40.6. The highest BCUT2D eigenvalue weighted by Crippen LogP contribution is 2.44. The summed E-state index contributed by atoms with van der Waals surface area (Å²) in [6.45, 7) is 12.5. The fraction of sp³-hybridized carbons (Fsp3) is 0.396. The number of aryl methyl sites for hydroxylation is 3. The second-order valence-electron chi connectivity index (χ2n) is 19.3. The van der Waals surface area contributed by atoms with Gasteiger partial charge in [0.1, 0.15) is 23.4 Å². The average Bonchev–Trinajstić information content (AvgIpc) is 3.88. The SMILES string of the molecule is Cc1nn(C)c(C)c1-c1c(Cl)ccc2c(CCCOc3cccc4cc(F)ccc34)c(C(O)OC(C)(C)C)n(CCN3CCN(C(=O)COc4cccc5c4C(=O)N(C4CCC(=O)NC4=O)C5=O)CC3)c12. The van der Waals surface area contributed by atoms with Crippen molar-refractivity contribution in [3.8, 4) is 22.6 Å². The lowest BCUT2D eigenvalue weighted by molar-refractivity contribution is -0.173. The highest BCUT2D eigenvalue weighted by Gasteiger charge is 2.46. The Hall–Kier alpha value is -6.66. The van der Waals surface area contributed by atoms with Crippen LogP contribution in [0.15, 0.2) is 66.7 Å². The van der Waals surface area contributed by atoms with Crippen LogP contribution >= 0.6 is 11.6 Å². The Labute approximate surface area is 415 Å². The number of fused-ring (bicyclic) bond motifs is 3. The lowest BCUT2D eigenvalue weighted by atomic mass is 9.98. The van der Waals surface area contributed by atoms with Gasteiger partial charge in [-0.3, -0.25) is 43.8 Å². The number of benzene rings is 4. The summed E-state index contributed by atoms with van der Waals surface area (Å²) in [5.41, 5.74) is 5.12. The molecule has 372 valence electrons. The number of ether oxygens (including phenoxy) is 3. The van der Waals surface area contributed by atoms with Crippen LogP contribution in [0.1, 0.15) is 89.7 Å². The molecule has 2 aromatic heterocycles. The number of halogens is 2. The molecule has 4 aromatic carbocycles. The van der Waals surface area contributed by atoms with Gasteiger partial charge < -0.3 is 28.8 Å². The Bertz CT molecular complexity index is 3120. The van der Waals surface area contributed by atoms with Crippen molar-refractivity contribution in [2.24, 2.45) is 7.05 Å². The van der Waals surface area contributed by atoms with Gasteiger partial charge in [-0.1, -0.05) is 35.9 Å². The third kappa shape index (κ3) is 9.75. The Kier molecular flexibility index (Phi) is 13.8. The first-order chi connectivity index (χ1) is 33.9. The van der Waals surface area contributed by atoms with Crippen LogP contribution in [0.4, 0.5) is 4.39 Å². The number of hydrogen-bond acceptors (Lipinski definition) is 11. The molecule has 2 fully saturated rings. The first kappa shape index (κ1) is 49.3. The molecule has 2 unspecified atom stereocenters. The molecule has 2 atom stereocenters. The van der Waals surface area contributed by atoms with E-state index < -0.39 is 41.6 Å². The molecule has 0 radical (unpaired) electrons. The second-order valence-corrected chi connectivity index (χ2v) is 19.7. The van der Waals surface area contributed by atoms with Crippen LogP contribution in [0.25, 0.3) is 32.8 Å². The van der Waals surface area contributed by atoms with Gasteiger partial charge >= 0.3 is 0 Å². The molecule has 5 amide bonds. The van der Waals surface area contributed by atoms with E-state index in [0.717, 1.165) is 54.7 Å². The number of hydrogen-bond donors (Lipinski definition) is 2. The Morgan fingerprint density at radius 2 is 1.63 bits per heavy atom. The molecule has 71 heavy (non-hydrogen) atoms. The van der Waals surface area contributed by atoms with Crippen molar-refractivity contribution in [3.63, 3.8) is 0 Å². The summed E-state index contributed by atoms with van der Waals surface area (Å²) in [6.07, 6.45) is -0.204. The first-order valence-electron chi connectivity index (χ1n) is 23.9. The normalized spacial score (nSPS) is 17.1. The van der Waals surface area contributed by atoms with Crippen LogP contribution < -0.4 is 14.8 Å². The minimum absolute atomic E-state index is 0.00583. The van der Waals surface area contributed by atoms with E-state index in [1.54, 1.807) is 17.0 Å². The van der Waals surface area contributed by atoms with Crippen LogP contribution in [0, 0.1) is 19.7 Å². The molecular weight excluding hydrogens is 933 g/mol. The number of nitrogens with zero attached hydrogens (tertiary/aromatic N) is 6. The molecule has 9 rings (SSSR count). The van der Waals surface area contributed by atoms with Crippen LogP contribution in [-0.4, -0.2) is 121 Å². The molecule has 2 saturated heterocycles. The fourth-order valence-electron chi connectivity index (χ4n) is 10.1. The van der Waals surface area contributed by atoms with E-state index in [1.165, 1.54) is 24.3 Å². The van der Waals surface area contributed by atoms with Gasteiger partial charge in [0.2, 0.25) is 11.8 Å². The third-order valence-corrected chi connectivity index (χ3v) is 13.9. The van der Waals surface area contributed by atoms with Crippen LogP contribution in [0.3, 0.4) is 0 Å². The van der Waals surface area contributed by atoms with Crippen LogP contribution in [0.2, 0.25) is 5.02 Å². The van der Waals surface area contributed by atoms with Crippen molar-refractivity contribution >= 4 is 62.8 Å². The molecule has 5 heterocycles. The highest BCUT2D eigenvalue weighted by atomic mass is 35.5. The molecule has 0 spiro atoms. The number of aliphatic hydroxyl groups excluding tert-OH is 1. The number of rotatable bonds is 15. The topological polar surface area (TPSA) is 178 Å². The molecule has 2 N–H and O–H groups in total. The molecule has 0 aliphatic carbocycles. The number of amides is 5. The Morgan fingerprint density at radius 3 is 2.35 bits per heavy atom. The Balaban J connectivity index is 0.939. The number of piperazine rings is 1. The molecule has 6 aromatic rings. The summed E-state index contributed by atoms with van der Waals surface area (Å²) in [5, 5.41) is 22.1. The van der Waals surface area contributed by atoms with Gasteiger partial charge in [-0.05, 0) is 107 Å². The van der Waals surface area contributed by atoms with Crippen molar-refractivity contribution in [1.82, 2.24) is 34.4 Å². The number of aliphatic hydroxyl groups is 1. The lowest BCUT2D eigenvalue weighted by Gasteiger charge is -2.35. The molecular formula is C53H57ClFN7O9. The van der Waals surface area contributed by atoms with Crippen molar-refractivity contribution in [3.05, 3.63) is 111 Å². The van der Waals surface area contributed by atoms with Crippen LogP contribution in [-0.2, 0) is 39.1 Å². The van der Waals surface area contributed by atoms with Gasteiger partial charge in [-0.15, -0.1) is 0 Å². The second kappa shape index (κ2) is 19.9. The van der Waals surface area contributed by atoms with E-state index >= 15 is 0 Å². The number of nitrogens with one attached hydrogen (secondary N) is 1. The minimum Gasteiger partial charge on any atom is -0.493 e.